The summed E-state index contributed by atoms with van der Waals surface area (Å²) in [6.45, 7) is 1.90. The third kappa shape index (κ3) is 9.26. The van der Waals surface area contributed by atoms with Crippen LogP contribution in [0.15, 0.2) is 102 Å². The molecule has 1 unspecified atom stereocenters. The molecule has 0 saturated heterocycles. The van der Waals surface area contributed by atoms with E-state index in [1.54, 1.807) is 84.9 Å². The highest BCUT2D eigenvalue weighted by Gasteiger charge is 2.20. The molecule has 0 aliphatic carbocycles. The van der Waals surface area contributed by atoms with Crippen LogP contribution < -0.4 is 16.0 Å². The maximum Gasteiger partial charge on any atom is 0.272 e. The lowest BCUT2D eigenvalue weighted by Gasteiger charge is -2.16. The van der Waals surface area contributed by atoms with Gasteiger partial charge in [0.05, 0.1) is 5.25 Å². The molecule has 220 valence electrons. The SMILES string of the molecule is CCC(Sc1cccc(NC(=O)/C(=C\c2c(Cl)cccc2Cl)NC(=O)c2ccccc2)c1)C(=O)Nc1cc(Cl)cc(Cl)c1. The van der Waals surface area contributed by atoms with Crippen molar-refractivity contribution < 1.29 is 14.4 Å². The number of carbonyl (C=O) groups is 3. The first kappa shape index (κ1) is 32.5. The number of halogens is 4. The molecule has 0 spiro atoms. The molecule has 0 saturated carbocycles. The standard InChI is InChI=1S/C32H25Cl4N3O3S/c1-2-29(32(42)38-23-15-20(33)14-21(34)16-23)43-24-11-6-10-22(17-24)37-31(41)28(18-25-26(35)12-7-13-27(25)36)39-30(40)19-8-4-3-5-9-19/h3-18,29H,2H2,1H3,(H,37,41)(H,38,42)(H,39,40)/b28-18+. The van der Waals surface area contributed by atoms with Crippen LogP contribution in [-0.2, 0) is 9.59 Å². The second-order valence-corrected chi connectivity index (χ2v) is 12.1. The second kappa shape index (κ2) is 15.3. The molecule has 0 aromatic heterocycles. The Morgan fingerprint density at radius 3 is 2.07 bits per heavy atom. The number of thioether (sulfide) groups is 1. The Hall–Kier alpha value is -3.46. The van der Waals surface area contributed by atoms with Crippen molar-refractivity contribution in [2.45, 2.75) is 23.5 Å². The van der Waals surface area contributed by atoms with Crippen molar-refractivity contribution in [2.75, 3.05) is 10.6 Å². The summed E-state index contributed by atoms with van der Waals surface area (Å²) in [7, 11) is 0. The lowest BCUT2D eigenvalue weighted by molar-refractivity contribution is -0.116. The number of nitrogens with one attached hydrogen (secondary N) is 3. The lowest BCUT2D eigenvalue weighted by atomic mass is 10.1. The van der Waals surface area contributed by atoms with Crippen LogP contribution >= 0.6 is 58.2 Å². The van der Waals surface area contributed by atoms with Gasteiger partial charge in [0.25, 0.3) is 11.8 Å². The van der Waals surface area contributed by atoms with E-state index in [0.717, 1.165) is 4.90 Å². The highest BCUT2D eigenvalue weighted by molar-refractivity contribution is 8.00. The Morgan fingerprint density at radius 2 is 1.42 bits per heavy atom. The quantitative estimate of drug-likeness (QED) is 0.116. The van der Waals surface area contributed by atoms with Gasteiger partial charge in [0.15, 0.2) is 0 Å². The first-order valence-corrected chi connectivity index (χ1v) is 15.4. The van der Waals surface area contributed by atoms with Gasteiger partial charge in [0.2, 0.25) is 5.91 Å². The minimum absolute atomic E-state index is 0.0621. The molecule has 0 bridgehead atoms. The van der Waals surface area contributed by atoms with Gasteiger partial charge in [-0.2, -0.15) is 0 Å². The molecule has 0 radical (unpaired) electrons. The van der Waals surface area contributed by atoms with E-state index in [9.17, 15) is 14.4 Å². The fourth-order valence-corrected chi connectivity index (χ4v) is 5.96. The van der Waals surface area contributed by atoms with Crippen molar-refractivity contribution in [1.29, 1.82) is 0 Å². The summed E-state index contributed by atoms with van der Waals surface area (Å²) in [5.74, 6) is -1.29. The topological polar surface area (TPSA) is 87.3 Å². The van der Waals surface area contributed by atoms with Crippen LogP contribution in [0.25, 0.3) is 6.08 Å². The predicted molar refractivity (Wildman–Crippen MR) is 178 cm³/mol. The van der Waals surface area contributed by atoms with Crippen molar-refractivity contribution in [2.24, 2.45) is 0 Å². The summed E-state index contributed by atoms with van der Waals surface area (Å²) in [5.41, 5.74) is 1.64. The average Bonchev–Trinajstić information content (AvgIpc) is 2.97. The molecule has 0 fully saturated rings. The number of amides is 3. The van der Waals surface area contributed by atoms with E-state index >= 15 is 0 Å². The zero-order valence-corrected chi connectivity index (χ0v) is 26.5. The highest BCUT2D eigenvalue weighted by Crippen LogP contribution is 2.30. The van der Waals surface area contributed by atoms with E-state index in [1.807, 2.05) is 13.0 Å². The molecule has 43 heavy (non-hydrogen) atoms. The average molecular weight is 673 g/mol. The summed E-state index contributed by atoms with van der Waals surface area (Å²) in [6.07, 6.45) is 1.97. The lowest BCUT2D eigenvalue weighted by Crippen LogP contribution is -2.30. The van der Waals surface area contributed by atoms with Crippen molar-refractivity contribution in [3.05, 3.63) is 128 Å². The second-order valence-electron chi connectivity index (χ2n) is 9.16. The summed E-state index contributed by atoms with van der Waals surface area (Å²) in [4.78, 5) is 40.2. The summed E-state index contributed by atoms with van der Waals surface area (Å²) < 4.78 is 0. The molecule has 0 heterocycles. The fourth-order valence-electron chi connectivity index (χ4n) is 3.92. The van der Waals surface area contributed by atoms with Gasteiger partial charge in [0.1, 0.15) is 5.70 Å². The van der Waals surface area contributed by atoms with Crippen molar-refractivity contribution >= 4 is 93.3 Å². The molecule has 4 aromatic rings. The minimum atomic E-state index is -0.593. The molecule has 4 aromatic carbocycles. The smallest absolute Gasteiger partial charge is 0.272 e. The van der Waals surface area contributed by atoms with Crippen LogP contribution in [0.1, 0.15) is 29.3 Å². The van der Waals surface area contributed by atoms with Gasteiger partial charge in [-0.1, -0.05) is 83.7 Å². The summed E-state index contributed by atoms with van der Waals surface area (Å²) in [6, 6.07) is 25.3. The van der Waals surface area contributed by atoms with E-state index in [-0.39, 0.29) is 11.6 Å². The Labute approximate surface area is 273 Å². The molecule has 0 aliphatic rings. The Kier molecular flexibility index (Phi) is 11.6. The largest absolute Gasteiger partial charge is 0.325 e. The van der Waals surface area contributed by atoms with Gasteiger partial charge in [-0.15, -0.1) is 11.8 Å². The van der Waals surface area contributed by atoms with Crippen LogP contribution in [0.3, 0.4) is 0 Å². The molecule has 3 amide bonds. The maximum atomic E-state index is 13.5. The van der Waals surface area contributed by atoms with Gasteiger partial charge >= 0.3 is 0 Å². The van der Waals surface area contributed by atoms with Crippen molar-refractivity contribution in [3.8, 4) is 0 Å². The maximum absolute atomic E-state index is 13.5. The number of benzene rings is 4. The normalized spacial score (nSPS) is 11.9. The minimum Gasteiger partial charge on any atom is -0.325 e. The van der Waals surface area contributed by atoms with Gasteiger partial charge < -0.3 is 16.0 Å². The van der Waals surface area contributed by atoms with E-state index < -0.39 is 17.1 Å². The van der Waals surface area contributed by atoms with E-state index in [0.29, 0.717) is 49.0 Å². The molecule has 4 rings (SSSR count). The molecular formula is C32H25Cl4N3O3S. The van der Waals surface area contributed by atoms with Crippen LogP contribution in [0.2, 0.25) is 20.1 Å². The molecule has 3 N–H and O–H groups in total. The van der Waals surface area contributed by atoms with Gasteiger partial charge in [-0.05, 0) is 73.2 Å². The third-order valence-corrected chi connectivity index (χ3v) is 8.43. The zero-order chi connectivity index (χ0) is 30.9. The Morgan fingerprint density at radius 1 is 0.767 bits per heavy atom. The first-order chi connectivity index (χ1) is 20.6. The molecule has 0 aliphatic heterocycles. The molecule has 1 atom stereocenters. The van der Waals surface area contributed by atoms with Gasteiger partial charge in [-0.25, -0.2) is 0 Å². The number of rotatable bonds is 10. The first-order valence-electron chi connectivity index (χ1n) is 13.0. The number of anilines is 2. The molecule has 6 nitrogen and oxygen atoms in total. The van der Waals surface area contributed by atoms with Crippen LogP contribution in [0.5, 0.6) is 0 Å². The van der Waals surface area contributed by atoms with E-state index in [1.165, 1.54) is 17.8 Å². The number of hydrogen-bond acceptors (Lipinski definition) is 4. The fraction of sp³-hybridized carbons (Fsp3) is 0.0938. The van der Waals surface area contributed by atoms with Gasteiger partial charge in [0, 0.05) is 47.5 Å². The highest BCUT2D eigenvalue weighted by atomic mass is 35.5. The monoisotopic (exact) mass is 671 g/mol. The van der Waals surface area contributed by atoms with Crippen molar-refractivity contribution in [1.82, 2.24) is 5.32 Å². The molecule has 11 heteroatoms. The third-order valence-electron chi connectivity index (χ3n) is 5.98. The molecular weight excluding hydrogens is 648 g/mol. The zero-order valence-electron chi connectivity index (χ0n) is 22.7. The van der Waals surface area contributed by atoms with E-state index in [4.69, 9.17) is 46.4 Å². The summed E-state index contributed by atoms with van der Waals surface area (Å²) in [5, 5.41) is 9.36. The van der Waals surface area contributed by atoms with Crippen molar-refractivity contribution in [3.63, 3.8) is 0 Å². The van der Waals surface area contributed by atoms with E-state index in [2.05, 4.69) is 16.0 Å². The van der Waals surface area contributed by atoms with Crippen LogP contribution in [0, 0.1) is 0 Å². The number of hydrogen-bond donors (Lipinski definition) is 3. The Bertz CT molecular complexity index is 1640. The summed E-state index contributed by atoms with van der Waals surface area (Å²) >= 11 is 26.2. The van der Waals surface area contributed by atoms with Crippen LogP contribution in [0.4, 0.5) is 11.4 Å². The number of carbonyl (C=O) groups excluding carboxylic acids is 3. The van der Waals surface area contributed by atoms with Gasteiger partial charge in [-0.3, -0.25) is 14.4 Å². The Balaban J connectivity index is 1.53. The predicted octanol–water partition coefficient (Wildman–Crippen LogP) is 9.22. The van der Waals surface area contributed by atoms with Crippen LogP contribution in [-0.4, -0.2) is 23.0 Å².